The van der Waals surface area contributed by atoms with Crippen LogP contribution >= 0.6 is 0 Å². The molecule has 0 unspecified atom stereocenters. The fourth-order valence-corrected chi connectivity index (χ4v) is 3.49. The van der Waals surface area contributed by atoms with Gasteiger partial charge in [0.1, 0.15) is 6.04 Å². The number of halogens is 2. The highest BCUT2D eigenvalue weighted by molar-refractivity contribution is 7.89. The summed E-state index contributed by atoms with van der Waals surface area (Å²) < 4.78 is 53.3. The van der Waals surface area contributed by atoms with Crippen LogP contribution in [0.3, 0.4) is 0 Å². The zero-order valence-corrected chi connectivity index (χ0v) is 14.5. The van der Waals surface area contributed by atoms with E-state index < -0.39 is 33.6 Å². The number of rotatable bonds is 6. The second-order valence-corrected chi connectivity index (χ2v) is 7.49. The third-order valence-electron chi connectivity index (χ3n) is 3.47. The molecule has 2 aromatic rings. The van der Waals surface area contributed by atoms with E-state index in [1.807, 2.05) is 0 Å². The van der Waals surface area contributed by atoms with Crippen LogP contribution in [0.25, 0.3) is 0 Å². The number of benzene rings is 2. The van der Waals surface area contributed by atoms with Crippen molar-refractivity contribution in [1.29, 1.82) is 0 Å². The smallest absolute Gasteiger partial charge is 0.242 e. The number of sulfonamides is 1. The lowest BCUT2D eigenvalue weighted by Crippen LogP contribution is -2.47. The van der Waals surface area contributed by atoms with Crippen LogP contribution in [0.4, 0.5) is 14.5 Å². The number of hydrogen-bond donors (Lipinski definition) is 2. The van der Waals surface area contributed by atoms with Gasteiger partial charge in [0, 0.05) is 11.8 Å². The van der Waals surface area contributed by atoms with Crippen LogP contribution < -0.4 is 10.0 Å². The summed E-state index contributed by atoms with van der Waals surface area (Å²) in [5.41, 5.74) is 0.0356. The average Bonchev–Trinajstić information content (AvgIpc) is 2.56. The Morgan fingerprint density at radius 2 is 1.64 bits per heavy atom. The maximum Gasteiger partial charge on any atom is 0.242 e. The van der Waals surface area contributed by atoms with Gasteiger partial charge in [-0.1, -0.05) is 32.0 Å². The maximum atomic E-state index is 13.2. The van der Waals surface area contributed by atoms with Crippen molar-refractivity contribution in [2.24, 2.45) is 5.92 Å². The molecule has 8 heteroatoms. The molecule has 2 aromatic carbocycles. The first kappa shape index (κ1) is 19.0. The summed E-state index contributed by atoms with van der Waals surface area (Å²) in [5, 5.41) is 2.39. The van der Waals surface area contributed by atoms with Gasteiger partial charge < -0.3 is 5.32 Å². The Morgan fingerprint density at radius 1 is 1.00 bits per heavy atom. The highest BCUT2D eigenvalue weighted by Gasteiger charge is 2.28. The molecule has 0 bridgehead atoms. The second-order valence-electron chi connectivity index (χ2n) is 5.77. The van der Waals surface area contributed by atoms with Gasteiger partial charge in [-0.2, -0.15) is 4.72 Å². The lowest BCUT2D eigenvalue weighted by molar-refractivity contribution is -0.118. The first-order valence-electron chi connectivity index (χ1n) is 7.54. The topological polar surface area (TPSA) is 75.3 Å². The fourth-order valence-electron chi connectivity index (χ4n) is 2.12. The van der Waals surface area contributed by atoms with Gasteiger partial charge in [0.2, 0.25) is 15.9 Å². The lowest BCUT2D eigenvalue weighted by atomic mass is 10.0. The van der Waals surface area contributed by atoms with E-state index in [1.54, 1.807) is 32.0 Å². The monoisotopic (exact) mass is 368 g/mol. The molecule has 25 heavy (non-hydrogen) atoms. The van der Waals surface area contributed by atoms with E-state index in [-0.39, 0.29) is 16.5 Å². The van der Waals surface area contributed by atoms with Crippen LogP contribution in [0.15, 0.2) is 53.4 Å². The molecule has 2 N–H and O–H groups in total. The quantitative estimate of drug-likeness (QED) is 0.823. The van der Waals surface area contributed by atoms with Gasteiger partial charge in [0.05, 0.1) is 4.90 Å². The largest absolute Gasteiger partial charge is 0.325 e. The van der Waals surface area contributed by atoms with Crippen molar-refractivity contribution in [1.82, 2.24) is 4.72 Å². The summed E-state index contributed by atoms with van der Waals surface area (Å²) in [6, 6.07) is 9.45. The van der Waals surface area contributed by atoms with E-state index in [9.17, 15) is 22.0 Å². The van der Waals surface area contributed by atoms with Gasteiger partial charge >= 0.3 is 0 Å². The Kier molecular flexibility index (Phi) is 5.86. The number of carbonyl (C=O) groups excluding carboxylic acids is 1. The summed E-state index contributed by atoms with van der Waals surface area (Å²) in [6.45, 7) is 3.34. The minimum absolute atomic E-state index is 0.0290. The zero-order chi connectivity index (χ0) is 18.6. The standard InChI is InChI=1S/C17H18F2N2O3S/c1-11(2)16(21-25(23,24)13-6-4-3-5-7-13)17(22)20-12-8-9-14(18)15(19)10-12/h3-11,16,21H,1-2H3,(H,20,22)/t16-/m0/s1. The van der Waals surface area contributed by atoms with E-state index in [0.717, 1.165) is 12.1 Å². The highest BCUT2D eigenvalue weighted by Crippen LogP contribution is 2.16. The number of carbonyl (C=O) groups is 1. The fraction of sp³-hybridized carbons (Fsp3) is 0.235. The van der Waals surface area contributed by atoms with Crippen molar-refractivity contribution >= 4 is 21.6 Å². The van der Waals surface area contributed by atoms with Crippen LogP contribution in [0.5, 0.6) is 0 Å². The molecule has 0 aromatic heterocycles. The van der Waals surface area contributed by atoms with E-state index in [0.29, 0.717) is 0 Å². The van der Waals surface area contributed by atoms with Crippen molar-refractivity contribution < 1.29 is 22.0 Å². The summed E-state index contributed by atoms with van der Waals surface area (Å²) in [4.78, 5) is 12.4. The molecule has 0 spiro atoms. The van der Waals surface area contributed by atoms with Crippen LogP contribution in [-0.4, -0.2) is 20.4 Å². The van der Waals surface area contributed by atoms with Crippen molar-refractivity contribution in [2.45, 2.75) is 24.8 Å². The van der Waals surface area contributed by atoms with Gasteiger partial charge in [-0.3, -0.25) is 4.79 Å². The third-order valence-corrected chi connectivity index (χ3v) is 4.93. The Bertz CT molecular complexity index is 855. The van der Waals surface area contributed by atoms with E-state index >= 15 is 0 Å². The van der Waals surface area contributed by atoms with Crippen LogP contribution in [0.2, 0.25) is 0 Å². The molecule has 0 aliphatic carbocycles. The summed E-state index contributed by atoms with van der Waals surface area (Å²) in [6.07, 6.45) is 0. The van der Waals surface area contributed by atoms with Gasteiger partial charge in [-0.25, -0.2) is 17.2 Å². The molecular formula is C17H18F2N2O3S. The normalized spacial score (nSPS) is 12.8. The Morgan fingerprint density at radius 3 is 2.20 bits per heavy atom. The summed E-state index contributed by atoms with van der Waals surface area (Å²) >= 11 is 0. The molecule has 1 amide bonds. The molecule has 0 saturated carbocycles. The molecule has 1 atom stereocenters. The number of hydrogen-bond acceptors (Lipinski definition) is 3. The molecule has 5 nitrogen and oxygen atoms in total. The van der Waals surface area contributed by atoms with Gasteiger partial charge in [0.25, 0.3) is 0 Å². The first-order valence-corrected chi connectivity index (χ1v) is 9.02. The van der Waals surface area contributed by atoms with Crippen molar-refractivity contribution in [3.63, 3.8) is 0 Å². The second kappa shape index (κ2) is 7.71. The van der Waals surface area contributed by atoms with Crippen molar-refractivity contribution in [3.8, 4) is 0 Å². The third kappa shape index (κ3) is 4.83. The van der Waals surface area contributed by atoms with Gasteiger partial charge in [-0.05, 0) is 30.2 Å². The number of anilines is 1. The minimum atomic E-state index is -3.90. The molecule has 0 fully saturated rings. The first-order chi connectivity index (χ1) is 11.7. The predicted molar refractivity (Wildman–Crippen MR) is 90.4 cm³/mol. The molecule has 0 heterocycles. The molecule has 2 rings (SSSR count). The van der Waals surface area contributed by atoms with Gasteiger partial charge in [-0.15, -0.1) is 0 Å². The van der Waals surface area contributed by atoms with Crippen LogP contribution in [0, 0.1) is 17.6 Å². The number of nitrogens with one attached hydrogen (secondary N) is 2. The van der Waals surface area contributed by atoms with E-state index in [4.69, 9.17) is 0 Å². The van der Waals surface area contributed by atoms with E-state index in [1.165, 1.54) is 18.2 Å². The maximum absolute atomic E-state index is 13.2. The highest BCUT2D eigenvalue weighted by atomic mass is 32.2. The lowest BCUT2D eigenvalue weighted by Gasteiger charge is -2.21. The van der Waals surface area contributed by atoms with E-state index in [2.05, 4.69) is 10.0 Å². The predicted octanol–water partition coefficient (Wildman–Crippen LogP) is 2.91. The van der Waals surface area contributed by atoms with Gasteiger partial charge in [0.15, 0.2) is 11.6 Å². The molecule has 0 saturated heterocycles. The number of amides is 1. The van der Waals surface area contributed by atoms with Crippen LogP contribution in [0.1, 0.15) is 13.8 Å². The van der Waals surface area contributed by atoms with Crippen molar-refractivity contribution in [3.05, 3.63) is 60.2 Å². The molecule has 0 radical (unpaired) electrons. The molecule has 134 valence electrons. The van der Waals surface area contributed by atoms with Crippen molar-refractivity contribution in [2.75, 3.05) is 5.32 Å². The minimum Gasteiger partial charge on any atom is -0.325 e. The SMILES string of the molecule is CC(C)[C@H](NS(=O)(=O)c1ccccc1)C(=O)Nc1ccc(F)c(F)c1. The Labute approximate surface area is 145 Å². The average molecular weight is 368 g/mol. The zero-order valence-electron chi connectivity index (χ0n) is 13.7. The van der Waals surface area contributed by atoms with Crippen LogP contribution in [-0.2, 0) is 14.8 Å². The Balaban J connectivity index is 2.20. The molecule has 0 aliphatic rings. The summed E-state index contributed by atoms with van der Waals surface area (Å²) in [5.74, 6) is -3.18. The summed E-state index contributed by atoms with van der Waals surface area (Å²) in [7, 11) is -3.90. The Hall–Kier alpha value is -2.32. The molecule has 0 aliphatic heterocycles. The molecular weight excluding hydrogens is 350 g/mol.